The van der Waals surface area contributed by atoms with Gasteiger partial charge in [-0.25, -0.2) is 0 Å². The van der Waals surface area contributed by atoms with Gasteiger partial charge >= 0.3 is 0 Å². The first-order valence-electron chi connectivity index (χ1n) is 8.14. The normalized spacial score (nSPS) is 18.5. The van der Waals surface area contributed by atoms with Gasteiger partial charge < -0.3 is 10.6 Å². The molecule has 128 valence electrons. The second kappa shape index (κ2) is 8.12. The maximum absolute atomic E-state index is 12.4. The van der Waals surface area contributed by atoms with E-state index in [-0.39, 0.29) is 11.9 Å². The van der Waals surface area contributed by atoms with Gasteiger partial charge in [0, 0.05) is 35.6 Å². The Kier molecular flexibility index (Phi) is 5.89. The molecule has 0 aliphatic carbocycles. The molecule has 4 nitrogen and oxygen atoms in total. The predicted octanol–water partition coefficient (Wildman–Crippen LogP) is 2.97. The lowest BCUT2D eigenvalue weighted by Gasteiger charge is -2.36. The highest BCUT2D eigenvalue weighted by atomic mass is 35.5. The summed E-state index contributed by atoms with van der Waals surface area (Å²) >= 11 is 8.03. The summed E-state index contributed by atoms with van der Waals surface area (Å²) in [5.41, 5.74) is 2.31. The van der Waals surface area contributed by atoms with Gasteiger partial charge in [0.2, 0.25) is 5.91 Å². The third-order valence-corrected chi connectivity index (χ3v) is 5.75. The SMILES string of the molecule is Cc1ccsc1CNC(=O)CN1CCNCC1c1ccccc1Cl. The van der Waals surface area contributed by atoms with Crippen molar-refractivity contribution in [2.45, 2.75) is 19.5 Å². The Bertz CT molecular complexity index is 703. The van der Waals surface area contributed by atoms with Crippen molar-refractivity contribution in [3.05, 3.63) is 56.7 Å². The quantitative estimate of drug-likeness (QED) is 0.858. The molecular weight excluding hydrogens is 342 g/mol. The summed E-state index contributed by atoms with van der Waals surface area (Å²) in [6.07, 6.45) is 0. The molecule has 3 rings (SSSR count). The van der Waals surface area contributed by atoms with Crippen molar-refractivity contribution in [3.8, 4) is 0 Å². The molecule has 1 atom stereocenters. The van der Waals surface area contributed by atoms with E-state index in [0.717, 1.165) is 30.2 Å². The van der Waals surface area contributed by atoms with Crippen LogP contribution in [0, 0.1) is 6.92 Å². The van der Waals surface area contributed by atoms with Gasteiger partial charge in [0.05, 0.1) is 13.1 Å². The van der Waals surface area contributed by atoms with Crippen LogP contribution in [0.2, 0.25) is 5.02 Å². The molecule has 1 aliphatic rings. The standard InChI is InChI=1S/C18H22ClN3OS/c1-13-6-9-24-17(13)11-21-18(23)12-22-8-7-20-10-16(22)14-4-2-3-5-15(14)19/h2-6,9,16,20H,7-8,10-12H2,1H3,(H,21,23). The molecule has 1 fully saturated rings. The van der Waals surface area contributed by atoms with E-state index < -0.39 is 0 Å². The lowest BCUT2D eigenvalue weighted by atomic mass is 10.0. The number of benzene rings is 1. The van der Waals surface area contributed by atoms with Gasteiger partial charge in [-0.05, 0) is 35.6 Å². The zero-order valence-electron chi connectivity index (χ0n) is 13.7. The molecule has 1 unspecified atom stereocenters. The van der Waals surface area contributed by atoms with E-state index in [0.29, 0.717) is 13.1 Å². The first-order valence-corrected chi connectivity index (χ1v) is 9.40. The van der Waals surface area contributed by atoms with Crippen LogP contribution in [0.5, 0.6) is 0 Å². The van der Waals surface area contributed by atoms with Crippen LogP contribution < -0.4 is 10.6 Å². The van der Waals surface area contributed by atoms with Crippen LogP contribution in [-0.2, 0) is 11.3 Å². The number of carbonyl (C=O) groups excluding carboxylic acids is 1. The number of hydrogen-bond acceptors (Lipinski definition) is 4. The Morgan fingerprint density at radius 2 is 2.25 bits per heavy atom. The fraction of sp³-hybridized carbons (Fsp3) is 0.389. The molecule has 6 heteroatoms. The molecule has 1 aromatic carbocycles. The van der Waals surface area contributed by atoms with Gasteiger partial charge in [0.25, 0.3) is 0 Å². The van der Waals surface area contributed by atoms with E-state index >= 15 is 0 Å². The van der Waals surface area contributed by atoms with Crippen LogP contribution >= 0.6 is 22.9 Å². The molecule has 24 heavy (non-hydrogen) atoms. The van der Waals surface area contributed by atoms with Gasteiger partial charge in [0.15, 0.2) is 0 Å². The van der Waals surface area contributed by atoms with Gasteiger partial charge in [-0.1, -0.05) is 29.8 Å². The summed E-state index contributed by atoms with van der Waals surface area (Å²) in [7, 11) is 0. The number of halogens is 1. The van der Waals surface area contributed by atoms with Crippen LogP contribution in [0.4, 0.5) is 0 Å². The Labute approximate surface area is 151 Å². The fourth-order valence-corrected chi connectivity index (χ4v) is 4.10. The molecule has 1 amide bonds. The zero-order chi connectivity index (χ0) is 16.9. The minimum absolute atomic E-state index is 0.0572. The third-order valence-electron chi connectivity index (χ3n) is 4.38. The number of nitrogens with zero attached hydrogens (tertiary/aromatic N) is 1. The third kappa shape index (κ3) is 4.16. The van der Waals surface area contributed by atoms with Gasteiger partial charge in [-0.3, -0.25) is 9.69 Å². The predicted molar refractivity (Wildman–Crippen MR) is 99.5 cm³/mol. The summed E-state index contributed by atoms with van der Waals surface area (Å²) in [5, 5.41) is 9.24. The van der Waals surface area contributed by atoms with E-state index in [1.54, 1.807) is 11.3 Å². The molecule has 0 radical (unpaired) electrons. The van der Waals surface area contributed by atoms with E-state index in [2.05, 4.69) is 33.9 Å². The van der Waals surface area contributed by atoms with Crippen molar-refractivity contribution >= 4 is 28.8 Å². The molecule has 1 aromatic heterocycles. The Hall–Kier alpha value is -1.40. The molecule has 1 saturated heterocycles. The highest BCUT2D eigenvalue weighted by molar-refractivity contribution is 7.10. The van der Waals surface area contributed by atoms with E-state index in [9.17, 15) is 4.79 Å². The summed E-state index contributed by atoms with van der Waals surface area (Å²) in [4.78, 5) is 15.8. The van der Waals surface area contributed by atoms with Crippen molar-refractivity contribution in [2.75, 3.05) is 26.2 Å². The number of thiophene rings is 1. The van der Waals surface area contributed by atoms with Crippen LogP contribution in [0.15, 0.2) is 35.7 Å². The number of hydrogen-bond donors (Lipinski definition) is 2. The Morgan fingerprint density at radius 1 is 1.42 bits per heavy atom. The summed E-state index contributed by atoms with van der Waals surface area (Å²) in [6.45, 7) is 5.59. The molecule has 0 bridgehead atoms. The van der Waals surface area contributed by atoms with Crippen molar-refractivity contribution < 1.29 is 4.79 Å². The smallest absolute Gasteiger partial charge is 0.234 e. The molecule has 0 saturated carbocycles. The molecule has 2 N–H and O–H groups in total. The minimum Gasteiger partial charge on any atom is -0.350 e. The lowest BCUT2D eigenvalue weighted by Crippen LogP contribution is -2.49. The molecule has 1 aliphatic heterocycles. The number of nitrogens with one attached hydrogen (secondary N) is 2. The van der Waals surface area contributed by atoms with Crippen LogP contribution in [0.25, 0.3) is 0 Å². The maximum Gasteiger partial charge on any atom is 0.234 e. The molecule has 0 spiro atoms. The first kappa shape index (κ1) is 17.4. The second-order valence-corrected chi connectivity index (χ2v) is 7.42. The number of carbonyl (C=O) groups is 1. The van der Waals surface area contributed by atoms with Crippen molar-refractivity contribution in [2.24, 2.45) is 0 Å². The fourth-order valence-electron chi connectivity index (χ4n) is 2.99. The number of aryl methyl sites for hydroxylation is 1. The lowest BCUT2D eigenvalue weighted by molar-refractivity contribution is -0.123. The van der Waals surface area contributed by atoms with Gasteiger partial charge in [-0.15, -0.1) is 11.3 Å². The zero-order valence-corrected chi connectivity index (χ0v) is 15.3. The van der Waals surface area contributed by atoms with Crippen molar-refractivity contribution in [3.63, 3.8) is 0 Å². The maximum atomic E-state index is 12.4. The molecule has 2 heterocycles. The van der Waals surface area contributed by atoms with E-state index in [4.69, 9.17) is 11.6 Å². The Balaban J connectivity index is 1.62. The van der Waals surface area contributed by atoms with Crippen LogP contribution in [0.3, 0.4) is 0 Å². The number of rotatable bonds is 5. The van der Waals surface area contributed by atoms with Crippen LogP contribution in [0.1, 0.15) is 22.0 Å². The van der Waals surface area contributed by atoms with E-state index in [1.165, 1.54) is 10.4 Å². The van der Waals surface area contributed by atoms with Gasteiger partial charge in [-0.2, -0.15) is 0 Å². The molecule has 2 aromatic rings. The summed E-state index contributed by atoms with van der Waals surface area (Å²) < 4.78 is 0. The first-order chi connectivity index (χ1) is 11.6. The van der Waals surface area contributed by atoms with E-state index in [1.807, 2.05) is 24.3 Å². The van der Waals surface area contributed by atoms with Gasteiger partial charge in [0.1, 0.15) is 0 Å². The average molecular weight is 364 g/mol. The monoisotopic (exact) mass is 363 g/mol. The Morgan fingerprint density at radius 3 is 3.00 bits per heavy atom. The highest BCUT2D eigenvalue weighted by Crippen LogP contribution is 2.28. The summed E-state index contributed by atoms with van der Waals surface area (Å²) in [5.74, 6) is 0.0572. The average Bonchev–Trinajstić information content (AvgIpc) is 2.99. The topological polar surface area (TPSA) is 44.4 Å². The molecular formula is C18H22ClN3OS. The number of amides is 1. The number of piperazine rings is 1. The second-order valence-electron chi connectivity index (χ2n) is 6.02. The van der Waals surface area contributed by atoms with Crippen molar-refractivity contribution in [1.29, 1.82) is 0 Å². The van der Waals surface area contributed by atoms with Crippen LogP contribution in [-0.4, -0.2) is 37.0 Å². The highest BCUT2D eigenvalue weighted by Gasteiger charge is 2.26. The largest absolute Gasteiger partial charge is 0.350 e. The minimum atomic E-state index is 0.0572. The van der Waals surface area contributed by atoms with Crippen molar-refractivity contribution in [1.82, 2.24) is 15.5 Å². The summed E-state index contributed by atoms with van der Waals surface area (Å²) in [6, 6.07) is 10.1.